The van der Waals surface area contributed by atoms with Crippen molar-refractivity contribution in [2.24, 2.45) is 34.0 Å². The molecule has 1 N–H and O–H groups in total. The first-order valence-corrected chi connectivity index (χ1v) is 17.7. The number of hydrogen-bond acceptors (Lipinski definition) is 6. The van der Waals surface area contributed by atoms with E-state index < -0.39 is 37.7 Å². The lowest BCUT2D eigenvalue weighted by molar-refractivity contribution is -0.218. The molecule has 0 amide bonds. The molecule has 0 bridgehead atoms. The molecule has 8 atom stereocenters. The molecule has 0 aromatic carbocycles. The average Bonchev–Trinajstić information content (AvgIpc) is 3.05. The molecule has 3 saturated carbocycles. The average molecular weight is 559 g/mol. The Morgan fingerprint density at radius 2 is 1.79 bits per heavy atom. The Kier molecular flexibility index (Phi) is 7.39. The zero-order valence-electron chi connectivity index (χ0n) is 25.8. The number of ketones is 2. The van der Waals surface area contributed by atoms with Gasteiger partial charge in [0.15, 0.2) is 19.7 Å². The molecule has 7 heteroatoms. The SMILES string of the molecule is CCC(=O)O[C@]1(C(=O)CO)[C@H](C)C[C@H]2[C@@H]3CCC4=CC(=O)C=C[C@]4(C)[C@@]3(C)[C@@H](O[Si](C)(C)C(C)(C)C)C[C@@]21C. The first-order chi connectivity index (χ1) is 17.9. The Balaban J connectivity index is 1.95. The lowest BCUT2D eigenvalue weighted by Gasteiger charge is -2.67. The highest BCUT2D eigenvalue weighted by Crippen LogP contribution is 2.74. The van der Waals surface area contributed by atoms with E-state index in [0.717, 1.165) is 19.3 Å². The summed E-state index contributed by atoms with van der Waals surface area (Å²) < 4.78 is 13.6. The number of carbonyl (C=O) groups is 3. The third-order valence-corrected chi connectivity index (χ3v) is 16.8. The monoisotopic (exact) mass is 558 g/mol. The number of fused-ring (bicyclic) bond motifs is 5. The minimum atomic E-state index is -2.29. The van der Waals surface area contributed by atoms with Gasteiger partial charge in [0, 0.05) is 28.6 Å². The summed E-state index contributed by atoms with van der Waals surface area (Å²) in [4.78, 5) is 39.1. The molecule has 4 rings (SSSR count). The summed E-state index contributed by atoms with van der Waals surface area (Å²) in [6, 6.07) is 0. The molecule has 0 aliphatic heterocycles. The standard InChI is InChI=1S/C32H50O6Si/c1-11-27(36)37-32(25(35)19-33)20(2)16-24-23-13-12-21-17-22(34)14-15-29(21,6)31(23,8)26(18-30(24,32)7)38-39(9,10)28(3,4)5/h14-15,17,20,23-24,26,33H,11-13,16,18-19H2,1-10H3/t20-,23+,24+,26+,29+,30+,31-,32+/m1/s1. The molecule has 3 fully saturated rings. The normalized spacial score (nSPS) is 41.8. The molecule has 0 saturated heterocycles. The maximum Gasteiger partial charge on any atom is 0.306 e. The largest absolute Gasteiger partial charge is 0.450 e. The Labute approximate surface area is 236 Å². The lowest BCUT2D eigenvalue weighted by atomic mass is 9.39. The molecule has 0 heterocycles. The fourth-order valence-corrected chi connectivity index (χ4v) is 10.3. The topological polar surface area (TPSA) is 89.9 Å². The van der Waals surface area contributed by atoms with E-state index in [1.54, 1.807) is 13.0 Å². The van der Waals surface area contributed by atoms with Gasteiger partial charge in [0.05, 0.1) is 6.10 Å². The number of rotatable bonds is 6. The van der Waals surface area contributed by atoms with Crippen LogP contribution in [0.2, 0.25) is 18.1 Å². The van der Waals surface area contributed by atoms with Crippen molar-refractivity contribution in [1.82, 2.24) is 0 Å². The predicted octanol–water partition coefficient (Wildman–Crippen LogP) is 6.18. The van der Waals surface area contributed by atoms with Gasteiger partial charge >= 0.3 is 5.97 Å². The van der Waals surface area contributed by atoms with E-state index in [4.69, 9.17) is 9.16 Å². The van der Waals surface area contributed by atoms with Gasteiger partial charge in [-0.2, -0.15) is 0 Å². The highest BCUT2D eigenvalue weighted by molar-refractivity contribution is 6.74. The molecular formula is C32H50O6Si. The molecule has 4 aliphatic carbocycles. The Morgan fingerprint density at radius 1 is 1.15 bits per heavy atom. The van der Waals surface area contributed by atoms with Gasteiger partial charge in [-0.05, 0) is 67.8 Å². The Bertz CT molecular complexity index is 1120. The van der Waals surface area contributed by atoms with Gasteiger partial charge in [-0.25, -0.2) is 0 Å². The second kappa shape index (κ2) is 9.48. The lowest BCUT2D eigenvalue weighted by Crippen LogP contribution is -2.69. The van der Waals surface area contributed by atoms with Crippen molar-refractivity contribution in [3.8, 4) is 0 Å². The van der Waals surface area contributed by atoms with E-state index in [0.29, 0.717) is 6.42 Å². The number of carbonyl (C=O) groups excluding carboxylic acids is 3. The highest BCUT2D eigenvalue weighted by Gasteiger charge is 2.76. The summed E-state index contributed by atoms with van der Waals surface area (Å²) in [5.74, 6) is -0.715. The van der Waals surface area contributed by atoms with Gasteiger partial charge in [-0.3, -0.25) is 14.4 Å². The van der Waals surface area contributed by atoms with Gasteiger partial charge < -0.3 is 14.3 Å². The van der Waals surface area contributed by atoms with Crippen molar-refractivity contribution in [3.05, 3.63) is 23.8 Å². The zero-order chi connectivity index (χ0) is 29.4. The van der Waals surface area contributed by atoms with Crippen LogP contribution < -0.4 is 0 Å². The molecule has 6 nitrogen and oxygen atoms in total. The van der Waals surface area contributed by atoms with E-state index in [2.05, 4.69) is 60.7 Å². The van der Waals surface area contributed by atoms with Crippen LogP contribution in [0.3, 0.4) is 0 Å². The summed E-state index contributed by atoms with van der Waals surface area (Å²) in [6.07, 6.45) is 8.59. The van der Waals surface area contributed by atoms with Crippen molar-refractivity contribution in [2.45, 2.75) is 117 Å². The molecule has 0 radical (unpaired) electrons. The zero-order valence-corrected chi connectivity index (χ0v) is 26.8. The number of allylic oxidation sites excluding steroid dienone is 4. The molecule has 39 heavy (non-hydrogen) atoms. The third kappa shape index (κ3) is 4.04. The molecule has 0 unspecified atom stereocenters. The fourth-order valence-electron chi connectivity index (χ4n) is 8.86. The Morgan fingerprint density at radius 3 is 2.36 bits per heavy atom. The van der Waals surface area contributed by atoms with E-state index in [-0.39, 0.29) is 51.9 Å². The van der Waals surface area contributed by atoms with Crippen LogP contribution in [0.4, 0.5) is 0 Å². The third-order valence-electron chi connectivity index (χ3n) is 12.3. The number of esters is 1. The van der Waals surface area contributed by atoms with E-state index in [1.807, 2.05) is 13.0 Å². The summed E-state index contributed by atoms with van der Waals surface area (Å²) in [5, 5.41) is 10.2. The van der Waals surface area contributed by atoms with Crippen LogP contribution >= 0.6 is 0 Å². The summed E-state index contributed by atoms with van der Waals surface area (Å²) in [5.41, 5.74) is -1.62. The first-order valence-electron chi connectivity index (χ1n) is 14.8. The summed E-state index contributed by atoms with van der Waals surface area (Å²) in [6.45, 7) is 21.1. The van der Waals surface area contributed by atoms with Crippen LogP contribution in [0, 0.1) is 34.0 Å². The van der Waals surface area contributed by atoms with Gasteiger partial charge in [0.25, 0.3) is 0 Å². The second-order valence-electron chi connectivity index (χ2n) is 14.9. The summed E-state index contributed by atoms with van der Waals surface area (Å²) >= 11 is 0. The van der Waals surface area contributed by atoms with Crippen LogP contribution in [-0.4, -0.2) is 49.3 Å². The predicted molar refractivity (Wildman–Crippen MR) is 154 cm³/mol. The van der Waals surface area contributed by atoms with E-state index in [1.165, 1.54) is 5.57 Å². The smallest absolute Gasteiger partial charge is 0.306 e. The van der Waals surface area contributed by atoms with Crippen LogP contribution in [-0.2, 0) is 23.5 Å². The number of hydrogen-bond donors (Lipinski definition) is 1. The second-order valence-corrected chi connectivity index (χ2v) is 19.7. The number of aliphatic hydroxyl groups excluding tert-OH is 1. The maximum absolute atomic E-state index is 13.8. The number of ether oxygens (including phenoxy) is 1. The summed E-state index contributed by atoms with van der Waals surface area (Å²) in [7, 11) is -2.29. The maximum atomic E-state index is 13.8. The van der Waals surface area contributed by atoms with Gasteiger partial charge in [-0.1, -0.05) is 67.0 Å². The van der Waals surface area contributed by atoms with Crippen molar-refractivity contribution in [3.63, 3.8) is 0 Å². The van der Waals surface area contributed by atoms with Gasteiger partial charge in [0.2, 0.25) is 5.78 Å². The van der Waals surface area contributed by atoms with E-state index in [9.17, 15) is 19.5 Å². The first kappa shape index (κ1) is 30.4. The molecule has 218 valence electrons. The van der Waals surface area contributed by atoms with E-state index >= 15 is 0 Å². The van der Waals surface area contributed by atoms with Gasteiger partial charge in [0.1, 0.15) is 6.61 Å². The highest BCUT2D eigenvalue weighted by atomic mass is 28.4. The fraction of sp³-hybridized carbons (Fsp3) is 0.781. The minimum Gasteiger partial charge on any atom is -0.450 e. The minimum absolute atomic E-state index is 0.0289. The Hall–Kier alpha value is -1.57. The molecule has 0 aromatic heterocycles. The van der Waals surface area contributed by atoms with Crippen molar-refractivity contribution in [1.29, 1.82) is 0 Å². The molecule has 0 spiro atoms. The van der Waals surface area contributed by atoms with Crippen LogP contribution in [0.5, 0.6) is 0 Å². The number of aliphatic hydroxyl groups is 1. The number of Topliss-reactive ketones (excluding diaryl/α,β-unsaturated/α-hetero) is 1. The van der Waals surface area contributed by atoms with Crippen molar-refractivity contribution in [2.75, 3.05) is 6.61 Å². The van der Waals surface area contributed by atoms with Crippen LogP contribution in [0.1, 0.15) is 87.5 Å². The van der Waals surface area contributed by atoms with Gasteiger partial charge in [-0.15, -0.1) is 0 Å². The van der Waals surface area contributed by atoms with Crippen molar-refractivity contribution >= 4 is 25.9 Å². The molecular weight excluding hydrogens is 508 g/mol. The van der Waals surface area contributed by atoms with Crippen molar-refractivity contribution < 1.29 is 28.7 Å². The van der Waals surface area contributed by atoms with Crippen LogP contribution in [0.25, 0.3) is 0 Å². The quantitative estimate of drug-likeness (QED) is 0.309. The molecule has 4 aliphatic rings. The molecule has 0 aromatic rings. The van der Waals surface area contributed by atoms with Crippen LogP contribution in [0.15, 0.2) is 23.8 Å².